The Morgan fingerprint density at radius 3 is 2.64 bits per heavy atom. The van der Waals surface area contributed by atoms with Crippen LogP contribution in [0.5, 0.6) is 0 Å². The van der Waals surface area contributed by atoms with E-state index in [1.54, 1.807) is 45.3 Å². The van der Waals surface area contributed by atoms with E-state index in [1.807, 2.05) is 6.07 Å². The first-order chi connectivity index (χ1) is 11.8. The highest BCUT2D eigenvalue weighted by molar-refractivity contribution is 5.62. The monoisotopic (exact) mass is 347 g/mol. The van der Waals surface area contributed by atoms with E-state index in [0.717, 1.165) is 16.7 Å². The second-order valence-corrected chi connectivity index (χ2v) is 6.95. The van der Waals surface area contributed by atoms with E-state index >= 15 is 0 Å². The number of halogens is 1. The molecule has 6 heteroatoms. The lowest BCUT2D eigenvalue weighted by atomic mass is 10.0. The van der Waals surface area contributed by atoms with E-state index in [0.29, 0.717) is 11.3 Å². The molecular formula is C19H24FN2O3+. The minimum atomic E-state index is -0.614. The van der Waals surface area contributed by atoms with Gasteiger partial charge in [-0.1, -0.05) is 12.1 Å². The average molecular weight is 347 g/mol. The highest BCUT2D eigenvalue weighted by atomic mass is 19.1. The number of rotatable bonds is 7. The molecule has 0 bridgehead atoms. The van der Waals surface area contributed by atoms with Crippen molar-refractivity contribution in [3.8, 4) is 11.1 Å². The minimum Gasteiger partial charge on any atom is -0.396 e. The summed E-state index contributed by atoms with van der Waals surface area (Å²) in [6.07, 6.45) is 3.97. The highest BCUT2D eigenvalue weighted by Gasteiger charge is 2.33. The predicted molar refractivity (Wildman–Crippen MR) is 93.3 cm³/mol. The Kier molecular flexibility index (Phi) is 6.20. The van der Waals surface area contributed by atoms with Gasteiger partial charge in [0.2, 0.25) is 4.92 Å². The first-order valence-corrected chi connectivity index (χ1v) is 8.25. The molecule has 0 spiro atoms. The largest absolute Gasteiger partial charge is 0.396 e. The zero-order chi connectivity index (χ0) is 18.4. The van der Waals surface area contributed by atoms with Crippen LogP contribution >= 0.6 is 0 Å². The molecule has 2 rings (SSSR count). The average Bonchev–Trinajstić information content (AvgIpc) is 2.53. The van der Waals surface area contributed by atoms with Crippen LogP contribution in [-0.2, 0) is 11.3 Å². The van der Waals surface area contributed by atoms with Gasteiger partial charge in [-0.15, -0.1) is 0 Å². The lowest BCUT2D eigenvalue weighted by Crippen LogP contribution is -2.34. The van der Waals surface area contributed by atoms with Gasteiger partial charge in [0.15, 0.2) is 5.60 Å². The third-order valence-corrected chi connectivity index (χ3v) is 3.55. The summed E-state index contributed by atoms with van der Waals surface area (Å²) in [5.41, 5.74) is 1.70. The van der Waals surface area contributed by atoms with E-state index in [2.05, 4.69) is 4.98 Å². The molecule has 0 aliphatic heterocycles. The van der Waals surface area contributed by atoms with E-state index in [1.165, 1.54) is 12.1 Å². The van der Waals surface area contributed by atoms with Crippen LogP contribution < -0.4 is 0 Å². The lowest BCUT2D eigenvalue weighted by Gasteiger charge is -2.15. The van der Waals surface area contributed by atoms with Crippen LogP contribution in [0.2, 0.25) is 0 Å². The first-order valence-electron chi connectivity index (χ1n) is 8.25. The summed E-state index contributed by atoms with van der Waals surface area (Å²) in [7, 11) is 0. The van der Waals surface area contributed by atoms with Crippen LogP contribution in [0.1, 0.15) is 32.8 Å². The summed E-state index contributed by atoms with van der Waals surface area (Å²) >= 11 is 0. The topological polar surface area (TPSA) is 62.4 Å². The van der Waals surface area contributed by atoms with Crippen molar-refractivity contribution < 1.29 is 19.3 Å². The maximum Gasteiger partial charge on any atom is 0.263 e. The van der Waals surface area contributed by atoms with Gasteiger partial charge in [-0.05, 0) is 50.1 Å². The van der Waals surface area contributed by atoms with Crippen molar-refractivity contribution in [2.24, 2.45) is 0 Å². The molecule has 0 fully saturated rings. The summed E-state index contributed by atoms with van der Waals surface area (Å²) in [6.45, 7) is 5.26. The molecule has 1 N–H and O–H groups in total. The summed E-state index contributed by atoms with van der Waals surface area (Å²) in [6, 6.07) is 7.61. The summed E-state index contributed by atoms with van der Waals surface area (Å²) in [5, 5.41) is 9.25. The van der Waals surface area contributed by atoms with Gasteiger partial charge in [0, 0.05) is 37.4 Å². The van der Waals surface area contributed by atoms with Crippen molar-refractivity contribution in [1.29, 1.82) is 0 Å². The van der Waals surface area contributed by atoms with Crippen molar-refractivity contribution in [3.05, 3.63) is 59.0 Å². The van der Waals surface area contributed by atoms with Crippen LogP contribution in [-0.4, -0.2) is 33.3 Å². The van der Waals surface area contributed by atoms with Crippen molar-refractivity contribution in [2.45, 2.75) is 45.3 Å². The van der Waals surface area contributed by atoms with E-state index in [4.69, 9.17) is 4.84 Å². The normalized spacial score (nSPS) is 12.7. The minimum absolute atomic E-state index is 0.117. The molecule has 1 aromatic carbocycles. The molecular weight excluding hydrogens is 323 g/mol. The molecule has 1 atom stereocenters. The van der Waals surface area contributed by atoms with E-state index < -0.39 is 11.6 Å². The molecule has 5 nitrogen and oxygen atoms in total. The Morgan fingerprint density at radius 1 is 1.24 bits per heavy atom. The predicted octanol–water partition coefficient (Wildman–Crippen LogP) is 3.69. The van der Waals surface area contributed by atoms with Gasteiger partial charge in [-0.3, -0.25) is 4.98 Å². The number of pyridine rings is 1. The van der Waals surface area contributed by atoms with Crippen LogP contribution in [0.4, 0.5) is 4.39 Å². The van der Waals surface area contributed by atoms with Crippen molar-refractivity contribution >= 4 is 0 Å². The maximum atomic E-state index is 13.4. The fourth-order valence-corrected chi connectivity index (χ4v) is 2.47. The molecule has 1 heterocycles. The van der Waals surface area contributed by atoms with Gasteiger partial charge < -0.3 is 5.11 Å². The van der Waals surface area contributed by atoms with Crippen LogP contribution in [0.3, 0.4) is 0 Å². The zero-order valence-corrected chi connectivity index (χ0v) is 14.8. The van der Waals surface area contributed by atoms with Crippen molar-refractivity contribution in [1.82, 2.24) is 4.98 Å². The summed E-state index contributed by atoms with van der Waals surface area (Å²) in [5.74, 6) is -0.314. The van der Waals surface area contributed by atoms with Gasteiger partial charge in [0.05, 0.1) is 4.91 Å². The Balaban J connectivity index is 2.19. The van der Waals surface area contributed by atoms with Gasteiger partial charge in [0.1, 0.15) is 5.82 Å². The molecule has 0 aliphatic rings. The molecule has 0 saturated heterocycles. The second kappa shape index (κ2) is 8.16. The molecule has 0 saturated carbocycles. The van der Waals surface area contributed by atoms with Gasteiger partial charge in [-0.25, -0.2) is 9.23 Å². The molecule has 1 unspecified atom stereocenters. The zero-order valence-electron chi connectivity index (χ0n) is 14.8. The number of benzene rings is 1. The number of aliphatic hydroxyl groups is 1. The maximum absolute atomic E-state index is 13.4. The molecule has 1 aromatic heterocycles. The molecule has 25 heavy (non-hydrogen) atoms. The Labute approximate surface area is 147 Å². The number of hydrogen-bond acceptors (Lipinski definition) is 4. The second-order valence-electron chi connectivity index (χ2n) is 6.95. The van der Waals surface area contributed by atoms with Crippen molar-refractivity contribution in [3.63, 3.8) is 0 Å². The number of hydrogen-bond donors (Lipinski definition) is 1. The molecule has 134 valence electrons. The number of nitrogens with zero attached hydrogens (tertiary/aromatic N) is 2. The standard InChI is InChI=1S/C19H24FN2O3/c1-19(2,3)25-22(24)18(7-8-23)10-14-9-16(13-21-12-14)15-5-4-6-17(20)11-15/h4-6,9,11-13,18,23H,7-8,10H2,1-3H3/q+1. The Hall–Kier alpha value is -2.34. The summed E-state index contributed by atoms with van der Waals surface area (Å²) < 4.78 is 13.4. The lowest BCUT2D eigenvalue weighted by molar-refractivity contribution is -0.843. The molecule has 0 aliphatic carbocycles. The molecule has 0 amide bonds. The van der Waals surface area contributed by atoms with E-state index in [-0.39, 0.29) is 18.8 Å². The van der Waals surface area contributed by atoms with Crippen LogP contribution in [0.25, 0.3) is 11.1 Å². The number of aromatic nitrogens is 1. The third-order valence-electron chi connectivity index (χ3n) is 3.55. The van der Waals surface area contributed by atoms with Gasteiger partial charge >= 0.3 is 0 Å². The highest BCUT2D eigenvalue weighted by Crippen LogP contribution is 2.22. The van der Waals surface area contributed by atoms with E-state index in [9.17, 15) is 14.4 Å². The number of aliphatic hydroxyl groups excluding tert-OH is 1. The van der Waals surface area contributed by atoms with Gasteiger partial charge in [-0.2, -0.15) is 0 Å². The van der Waals surface area contributed by atoms with Crippen molar-refractivity contribution in [2.75, 3.05) is 6.61 Å². The van der Waals surface area contributed by atoms with Crippen LogP contribution in [0, 0.1) is 10.7 Å². The SMILES string of the molecule is CC(C)(C)O[N+](=O)C(CCO)Cc1cncc(-c2cccc(F)c2)c1. The molecule has 0 radical (unpaired) electrons. The first kappa shape index (κ1) is 19.0. The molecule has 2 aromatic rings. The Bertz CT molecular complexity index is 729. The van der Waals surface area contributed by atoms with Crippen LogP contribution in [0.15, 0.2) is 42.7 Å². The summed E-state index contributed by atoms with van der Waals surface area (Å²) in [4.78, 5) is 22.4. The Morgan fingerprint density at radius 2 is 2.00 bits per heavy atom. The fraction of sp³-hybridized carbons (Fsp3) is 0.421. The third kappa shape index (κ3) is 5.90. The fourth-order valence-electron chi connectivity index (χ4n) is 2.47. The smallest absolute Gasteiger partial charge is 0.263 e. The van der Waals surface area contributed by atoms with Gasteiger partial charge in [0.25, 0.3) is 6.04 Å². The quantitative estimate of drug-likeness (QED) is 0.776.